The number of fused-ring (bicyclic) bond motifs is 1. The van der Waals surface area contributed by atoms with E-state index in [0.717, 1.165) is 17.8 Å². The van der Waals surface area contributed by atoms with Crippen LogP contribution in [0.25, 0.3) is 10.9 Å². The number of carbonyl (C=O) groups excluding carboxylic acids is 1. The molecule has 0 aliphatic carbocycles. The first kappa shape index (κ1) is 16.7. The maximum atomic E-state index is 12.4. The lowest BCUT2D eigenvalue weighted by Crippen LogP contribution is -2.42. The number of rotatable bonds is 5. The number of aryl methyl sites for hydroxylation is 1. The summed E-state index contributed by atoms with van der Waals surface area (Å²) in [6.45, 7) is 3.39. The van der Waals surface area contributed by atoms with Crippen LogP contribution in [0, 0.1) is 12.8 Å². The molecule has 6 nitrogen and oxygen atoms in total. The Morgan fingerprint density at radius 3 is 2.96 bits per heavy atom. The zero-order valence-electron chi connectivity index (χ0n) is 14.8. The fraction of sp³-hybridized carbons (Fsp3) is 0.350. The van der Waals surface area contributed by atoms with Crippen LogP contribution in [-0.4, -0.2) is 39.7 Å². The van der Waals surface area contributed by atoms with E-state index in [1.165, 1.54) is 10.9 Å². The van der Waals surface area contributed by atoms with Crippen molar-refractivity contribution in [3.05, 3.63) is 60.3 Å². The molecule has 4 rings (SSSR count). The fourth-order valence-electron chi connectivity index (χ4n) is 3.55. The van der Waals surface area contributed by atoms with E-state index in [-0.39, 0.29) is 24.4 Å². The van der Waals surface area contributed by atoms with E-state index in [9.17, 15) is 4.79 Å². The lowest BCUT2D eigenvalue weighted by atomic mass is 9.93. The molecule has 0 spiro atoms. The average Bonchev–Trinajstić information content (AvgIpc) is 3.25. The third-order valence-corrected chi connectivity index (χ3v) is 5.00. The first-order chi connectivity index (χ1) is 12.7. The third kappa shape index (κ3) is 3.46. The number of para-hydroxylation sites is 1. The summed E-state index contributed by atoms with van der Waals surface area (Å²) < 4.78 is 7.51. The molecule has 134 valence electrons. The van der Waals surface area contributed by atoms with Gasteiger partial charge in [0.2, 0.25) is 5.91 Å². The Morgan fingerprint density at radius 1 is 1.23 bits per heavy atom. The molecule has 1 aliphatic heterocycles. The molecular formula is C20H22N4O2. The predicted molar refractivity (Wildman–Crippen MR) is 98.7 cm³/mol. The molecule has 1 N–H and O–H groups in total. The van der Waals surface area contributed by atoms with Gasteiger partial charge in [-0.05, 0) is 31.0 Å². The molecule has 1 saturated heterocycles. The number of nitrogens with one attached hydrogen (secondary N) is 1. The van der Waals surface area contributed by atoms with Gasteiger partial charge in [-0.25, -0.2) is 4.98 Å². The monoisotopic (exact) mass is 350 g/mol. The van der Waals surface area contributed by atoms with Gasteiger partial charge in [0.1, 0.15) is 12.4 Å². The van der Waals surface area contributed by atoms with Crippen molar-refractivity contribution < 1.29 is 9.53 Å². The topological polar surface area (TPSA) is 69.0 Å². The van der Waals surface area contributed by atoms with E-state index in [1.54, 1.807) is 6.20 Å². The predicted octanol–water partition coefficient (Wildman–Crippen LogP) is 2.11. The number of pyridine rings is 1. The number of carbonyl (C=O) groups is 1. The van der Waals surface area contributed by atoms with E-state index < -0.39 is 0 Å². The molecule has 2 aromatic heterocycles. The van der Waals surface area contributed by atoms with Gasteiger partial charge in [-0.3, -0.25) is 9.78 Å². The van der Waals surface area contributed by atoms with Crippen molar-refractivity contribution >= 4 is 16.8 Å². The minimum Gasteiger partial charge on any atom is -0.379 e. The summed E-state index contributed by atoms with van der Waals surface area (Å²) >= 11 is 0. The summed E-state index contributed by atoms with van der Waals surface area (Å²) in [5, 5.41) is 4.30. The van der Waals surface area contributed by atoms with Crippen molar-refractivity contribution in [2.45, 2.75) is 25.9 Å². The van der Waals surface area contributed by atoms with Crippen molar-refractivity contribution in [3.8, 4) is 0 Å². The molecule has 1 aromatic carbocycles. The smallest absolute Gasteiger partial charge is 0.240 e. The van der Waals surface area contributed by atoms with Gasteiger partial charge in [0.15, 0.2) is 0 Å². The number of benzene rings is 1. The van der Waals surface area contributed by atoms with Crippen molar-refractivity contribution in [1.82, 2.24) is 19.9 Å². The summed E-state index contributed by atoms with van der Waals surface area (Å²) in [6, 6.07) is 10.2. The number of hydrogen-bond acceptors (Lipinski definition) is 4. The van der Waals surface area contributed by atoms with E-state index in [0.29, 0.717) is 13.2 Å². The molecular weight excluding hydrogens is 328 g/mol. The minimum absolute atomic E-state index is 0.00816. The van der Waals surface area contributed by atoms with E-state index in [2.05, 4.69) is 27.4 Å². The van der Waals surface area contributed by atoms with Crippen LogP contribution in [0.3, 0.4) is 0 Å². The van der Waals surface area contributed by atoms with Gasteiger partial charge in [-0.15, -0.1) is 0 Å². The average molecular weight is 350 g/mol. The second kappa shape index (κ2) is 7.25. The number of hydrogen-bond donors (Lipinski definition) is 1. The molecule has 1 fully saturated rings. The van der Waals surface area contributed by atoms with E-state index in [4.69, 9.17) is 4.74 Å². The lowest BCUT2D eigenvalue weighted by molar-refractivity contribution is -0.122. The first-order valence-electron chi connectivity index (χ1n) is 8.88. The standard InChI is InChI=1S/C20H22N4O2/c1-14-21-8-9-24(14)11-20(25)23-19-13-26-12-16(19)10-15-6-7-22-18-5-3-2-4-17(15)18/h2-9,16,19H,10-13H2,1H3,(H,23,25)/t16-,19-/m1/s1. The molecule has 26 heavy (non-hydrogen) atoms. The van der Waals surface area contributed by atoms with Crippen LogP contribution < -0.4 is 5.32 Å². The van der Waals surface area contributed by atoms with Crippen LogP contribution in [0.2, 0.25) is 0 Å². The van der Waals surface area contributed by atoms with E-state index >= 15 is 0 Å². The minimum atomic E-state index is -0.00816. The Balaban J connectivity index is 1.45. The Hall–Kier alpha value is -2.73. The van der Waals surface area contributed by atoms with Crippen LogP contribution in [-0.2, 0) is 22.5 Å². The van der Waals surface area contributed by atoms with Gasteiger partial charge < -0.3 is 14.6 Å². The maximum Gasteiger partial charge on any atom is 0.240 e. The molecule has 0 unspecified atom stereocenters. The van der Waals surface area contributed by atoms with Gasteiger partial charge >= 0.3 is 0 Å². The normalized spacial score (nSPS) is 19.7. The van der Waals surface area contributed by atoms with Gasteiger partial charge in [-0.2, -0.15) is 0 Å². The number of ether oxygens (including phenoxy) is 1. The summed E-state index contributed by atoms with van der Waals surface area (Å²) in [5.74, 6) is 1.09. The molecule has 1 amide bonds. The molecule has 0 bridgehead atoms. The van der Waals surface area contributed by atoms with Gasteiger partial charge in [-0.1, -0.05) is 18.2 Å². The van der Waals surface area contributed by atoms with Crippen molar-refractivity contribution in [2.75, 3.05) is 13.2 Å². The highest BCUT2D eigenvalue weighted by molar-refractivity contribution is 5.82. The third-order valence-electron chi connectivity index (χ3n) is 5.00. The van der Waals surface area contributed by atoms with Gasteiger partial charge in [0, 0.05) is 29.9 Å². The largest absolute Gasteiger partial charge is 0.379 e. The summed E-state index contributed by atoms with van der Waals surface area (Å²) in [4.78, 5) is 21.0. The maximum absolute atomic E-state index is 12.4. The van der Waals surface area contributed by atoms with Crippen LogP contribution in [0.15, 0.2) is 48.9 Å². The lowest BCUT2D eigenvalue weighted by Gasteiger charge is -2.20. The van der Waals surface area contributed by atoms with Crippen LogP contribution in [0.4, 0.5) is 0 Å². The van der Waals surface area contributed by atoms with Crippen molar-refractivity contribution in [3.63, 3.8) is 0 Å². The van der Waals surface area contributed by atoms with Crippen molar-refractivity contribution in [2.24, 2.45) is 5.92 Å². The van der Waals surface area contributed by atoms with Gasteiger partial charge in [0.25, 0.3) is 0 Å². The second-order valence-electron chi connectivity index (χ2n) is 6.77. The Labute approximate surface area is 152 Å². The SMILES string of the molecule is Cc1nccn1CC(=O)N[C@@H]1COC[C@H]1Cc1ccnc2ccccc12. The summed E-state index contributed by atoms with van der Waals surface area (Å²) in [7, 11) is 0. The number of nitrogens with zero attached hydrogens (tertiary/aromatic N) is 3. The summed E-state index contributed by atoms with van der Waals surface area (Å²) in [5.41, 5.74) is 2.25. The first-order valence-corrected chi connectivity index (χ1v) is 8.88. The highest BCUT2D eigenvalue weighted by Gasteiger charge is 2.30. The molecule has 6 heteroatoms. The van der Waals surface area contributed by atoms with Crippen LogP contribution in [0.1, 0.15) is 11.4 Å². The number of imidazole rings is 1. The zero-order valence-corrected chi connectivity index (χ0v) is 14.8. The van der Waals surface area contributed by atoms with Crippen LogP contribution >= 0.6 is 0 Å². The van der Waals surface area contributed by atoms with E-state index in [1.807, 2.05) is 42.1 Å². The molecule has 0 saturated carbocycles. The second-order valence-corrected chi connectivity index (χ2v) is 6.77. The Kier molecular flexibility index (Phi) is 4.67. The highest BCUT2D eigenvalue weighted by Crippen LogP contribution is 2.24. The quantitative estimate of drug-likeness (QED) is 0.765. The zero-order chi connectivity index (χ0) is 17.9. The van der Waals surface area contributed by atoms with Crippen molar-refractivity contribution in [1.29, 1.82) is 0 Å². The molecule has 1 aliphatic rings. The van der Waals surface area contributed by atoms with Gasteiger partial charge in [0.05, 0.1) is 24.8 Å². The van der Waals surface area contributed by atoms with Crippen LogP contribution in [0.5, 0.6) is 0 Å². The molecule has 0 radical (unpaired) electrons. The molecule has 3 aromatic rings. The Morgan fingerprint density at radius 2 is 2.12 bits per heavy atom. The number of aromatic nitrogens is 3. The fourth-order valence-corrected chi connectivity index (χ4v) is 3.55. The summed E-state index contributed by atoms with van der Waals surface area (Å²) in [6.07, 6.45) is 6.24. The number of amides is 1. The molecule has 3 heterocycles. The Bertz CT molecular complexity index is 916. The molecule has 2 atom stereocenters. The highest BCUT2D eigenvalue weighted by atomic mass is 16.5.